The van der Waals surface area contributed by atoms with E-state index < -0.39 is 0 Å². The van der Waals surface area contributed by atoms with Gasteiger partial charge in [0.2, 0.25) is 5.91 Å². The van der Waals surface area contributed by atoms with Gasteiger partial charge in [-0.2, -0.15) is 0 Å². The van der Waals surface area contributed by atoms with Gasteiger partial charge in [-0.3, -0.25) is 9.78 Å². The molecule has 4 rings (SSSR count). The number of aromatic nitrogens is 2. The fourth-order valence-corrected chi connectivity index (χ4v) is 4.14. The summed E-state index contributed by atoms with van der Waals surface area (Å²) >= 11 is 0. The predicted octanol–water partition coefficient (Wildman–Crippen LogP) is 2.86. The van der Waals surface area contributed by atoms with Crippen LogP contribution in [0.5, 0.6) is 0 Å². The normalized spacial score (nSPS) is 24.5. The maximum Gasteiger partial charge on any atom is 0.230 e. The smallest absolute Gasteiger partial charge is 0.230 e. The number of para-hydroxylation sites is 2. The summed E-state index contributed by atoms with van der Waals surface area (Å²) in [6.07, 6.45) is 4.85. The number of amides is 1. The lowest BCUT2D eigenvalue weighted by atomic mass is 9.78. The molecular formula is C19H24N4O. The number of rotatable bonds is 2. The maximum atomic E-state index is 13.0. The molecule has 5 nitrogen and oxygen atoms in total. The molecule has 0 N–H and O–H groups in total. The molecule has 1 aromatic carbocycles. The number of benzene rings is 1. The second-order valence-corrected chi connectivity index (χ2v) is 7.36. The van der Waals surface area contributed by atoms with Gasteiger partial charge >= 0.3 is 0 Å². The van der Waals surface area contributed by atoms with Gasteiger partial charge in [0.1, 0.15) is 5.82 Å². The Kier molecular flexibility index (Phi) is 3.66. The minimum Gasteiger partial charge on any atom is -0.354 e. The monoisotopic (exact) mass is 324 g/mol. The SMILES string of the molecule is CC(C)N1CCC[C@@]2(CCN(c3cnc4ccccc4n3)C2)C1=O. The van der Waals surface area contributed by atoms with Crippen LogP contribution < -0.4 is 4.90 Å². The summed E-state index contributed by atoms with van der Waals surface area (Å²) in [6.45, 7) is 6.76. The highest BCUT2D eigenvalue weighted by molar-refractivity contribution is 5.85. The highest BCUT2D eigenvalue weighted by atomic mass is 16.2. The van der Waals surface area contributed by atoms with Gasteiger partial charge in [-0.15, -0.1) is 0 Å². The highest BCUT2D eigenvalue weighted by Crippen LogP contribution is 2.41. The average Bonchev–Trinajstić information content (AvgIpc) is 3.02. The number of hydrogen-bond acceptors (Lipinski definition) is 4. The Bertz CT molecular complexity index is 775. The van der Waals surface area contributed by atoms with Crippen molar-refractivity contribution >= 4 is 22.8 Å². The van der Waals surface area contributed by atoms with E-state index >= 15 is 0 Å². The van der Waals surface area contributed by atoms with Crippen LogP contribution >= 0.6 is 0 Å². The van der Waals surface area contributed by atoms with Crippen LogP contribution in [0.1, 0.15) is 33.1 Å². The van der Waals surface area contributed by atoms with Crippen molar-refractivity contribution in [2.75, 3.05) is 24.5 Å². The lowest BCUT2D eigenvalue weighted by molar-refractivity contribution is -0.147. The molecule has 2 aliphatic heterocycles. The van der Waals surface area contributed by atoms with Gasteiger partial charge in [0.15, 0.2) is 0 Å². The lowest BCUT2D eigenvalue weighted by Gasteiger charge is -2.41. The molecule has 0 bridgehead atoms. The molecule has 5 heteroatoms. The van der Waals surface area contributed by atoms with Crippen molar-refractivity contribution in [1.29, 1.82) is 0 Å². The van der Waals surface area contributed by atoms with Gasteiger partial charge in [-0.25, -0.2) is 4.98 Å². The third-order valence-corrected chi connectivity index (χ3v) is 5.51. The second kappa shape index (κ2) is 5.72. The first kappa shape index (κ1) is 15.4. The summed E-state index contributed by atoms with van der Waals surface area (Å²) in [4.78, 5) is 26.6. The zero-order valence-electron chi connectivity index (χ0n) is 14.4. The van der Waals surface area contributed by atoms with Crippen molar-refractivity contribution in [3.05, 3.63) is 30.5 Å². The molecule has 126 valence electrons. The van der Waals surface area contributed by atoms with E-state index in [0.29, 0.717) is 5.91 Å². The van der Waals surface area contributed by atoms with Crippen LogP contribution in [0.15, 0.2) is 30.5 Å². The molecule has 1 atom stereocenters. The summed E-state index contributed by atoms with van der Waals surface area (Å²) in [6, 6.07) is 8.21. The molecule has 3 heterocycles. The van der Waals surface area contributed by atoms with Crippen molar-refractivity contribution < 1.29 is 4.79 Å². The van der Waals surface area contributed by atoms with Crippen molar-refractivity contribution in [1.82, 2.24) is 14.9 Å². The van der Waals surface area contributed by atoms with Crippen LogP contribution in [0.25, 0.3) is 11.0 Å². The molecule has 0 radical (unpaired) electrons. The van der Waals surface area contributed by atoms with E-state index in [0.717, 1.165) is 55.7 Å². The van der Waals surface area contributed by atoms with Crippen molar-refractivity contribution in [2.24, 2.45) is 5.41 Å². The Morgan fingerprint density at radius 1 is 1.12 bits per heavy atom. The Balaban J connectivity index is 1.60. The molecule has 1 spiro atoms. The Hall–Kier alpha value is -2.17. The summed E-state index contributed by atoms with van der Waals surface area (Å²) in [5.41, 5.74) is 1.60. The first-order valence-corrected chi connectivity index (χ1v) is 8.87. The molecule has 2 saturated heterocycles. The standard InChI is InChI=1S/C19H24N4O/c1-14(2)23-10-5-8-19(18(23)24)9-11-22(13-19)17-12-20-15-6-3-4-7-16(15)21-17/h3-4,6-7,12,14H,5,8-11,13H2,1-2H3/t19-/m0/s1. The van der Waals surface area contributed by atoms with E-state index in [1.165, 1.54) is 0 Å². The van der Waals surface area contributed by atoms with E-state index in [9.17, 15) is 4.79 Å². The van der Waals surface area contributed by atoms with Gasteiger partial charge in [0.25, 0.3) is 0 Å². The van der Waals surface area contributed by atoms with Crippen LogP contribution in [0, 0.1) is 5.41 Å². The van der Waals surface area contributed by atoms with Crippen molar-refractivity contribution in [3.63, 3.8) is 0 Å². The summed E-state index contributed by atoms with van der Waals surface area (Å²) in [5, 5.41) is 0. The highest BCUT2D eigenvalue weighted by Gasteiger charge is 2.49. The lowest BCUT2D eigenvalue weighted by Crippen LogP contribution is -2.52. The Labute approximate surface area is 142 Å². The molecule has 1 aromatic heterocycles. The fraction of sp³-hybridized carbons (Fsp3) is 0.526. The molecule has 2 aromatic rings. The third-order valence-electron chi connectivity index (χ3n) is 5.51. The van der Waals surface area contributed by atoms with Crippen LogP contribution in [-0.2, 0) is 4.79 Å². The van der Waals surface area contributed by atoms with Crippen LogP contribution in [0.3, 0.4) is 0 Å². The predicted molar refractivity (Wildman–Crippen MR) is 94.9 cm³/mol. The molecule has 1 amide bonds. The molecule has 2 aliphatic rings. The topological polar surface area (TPSA) is 49.3 Å². The molecule has 0 aliphatic carbocycles. The van der Waals surface area contributed by atoms with E-state index in [1.807, 2.05) is 30.5 Å². The average molecular weight is 324 g/mol. The first-order valence-electron chi connectivity index (χ1n) is 8.87. The largest absolute Gasteiger partial charge is 0.354 e. The van der Waals surface area contributed by atoms with Gasteiger partial charge in [0, 0.05) is 25.7 Å². The van der Waals surface area contributed by atoms with Crippen molar-refractivity contribution in [2.45, 2.75) is 39.2 Å². The minimum absolute atomic E-state index is 0.226. The van der Waals surface area contributed by atoms with Gasteiger partial charge in [-0.05, 0) is 45.2 Å². The second-order valence-electron chi connectivity index (χ2n) is 7.36. The van der Waals surface area contributed by atoms with Gasteiger partial charge in [0.05, 0.1) is 22.6 Å². The molecule has 2 fully saturated rings. The molecule has 0 unspecified atom stereocenters. The zero-order chi connectivity index (χ0) is 16.7. The van der Waals surface area contributed by atoms with Crippen molar-refractivity contribution in [3.8, 4) is 0 Å². The number of anilines is 1. The number of carbonyl (C=O) groups excluding carboxylic acids is 1. The number of hydrogen-bond donors (Lipinski definition) is 0. The van der Waals surface area contributed by atoms with Crippen LogP contribution in [0.2, 0.25) is 0 Å². The summed E-state index contributed by atoms with van der Waals surface area (Å²) in [7, 11) is 0. The van der Waals surface area contributed by atoms with Gasteiger partial charge in [-0.1, -0.05) is 12.1 Å². The summed E-state index contributed by atoms with van der Waals surface area (Å²) in [5.74, 6) is 1.22. The molecule has 24 heavy (non-hydrogen) atoms. The van der Waals surface area contributed by atoms with Crippen LogP contribution in [0.4, 0.5) is 5.82 Å². The number of fused-ring (bicyclic) bond motifs is 1. The molecular weight excluding hydrogens is 300 g/mol. The molecule has 0 saturated carbocycles. The quantitative estimate of drug-likeness (QED) is 0.852. The van der Waals surface area contributed by atoms with Crippen LogP contribution in [-0.4, -0.2) is 46.5 Å². The van der Waals surface area contributed by atoms with Gasteiger partial charge < -0.3 is 9.80 Å². The van der Waals surface area contributed by atoms with E-state index in [4.69, 9.17) is 4.98 Å². The number of likely N-dealkylation sites (tertiary alicyclic amines) is 1. The Morgan fingerprint density at radius 3 is 2.71 bits per heavy atom. The Morgan fingerprint density at radius 2 is 1.92 bits per heavy atom. The first-order chi connectivity index (χ1) is 11.6. The third kappa shape index (κ3) is 2.43. The number of piperidine rings is 1. The van der Waals surface area contributed by atoms with E-state index in [1.54, 1.807) is 0 Å². The van der Waals surface area contributed by atoms with E-state index in [-0.39, 0.29) is 11.5 Å². The number of nitrogens with zero attached hydrogens (tertiary/aromatic N) is 4. The summed E-state index contributed by atoms with van der Waals surface area (Å²) < 4.78 is 0. The van der Waals surface area contributed by atoms with E-state index in [2.05, 4.69) is 28.6 Å². The number of carbonyl (C=O) groups is 1. The zero-order valence-corrected chi connectivity index (χ0v) is 14.4. The fourth-order valence-electron chi connectivity index (χ4n) is 4.14. The minimum atomic E-state index is -0.226. The maximum absolute atomic E-state index is 13.0.